The number of hydrogen-bond acceptors (Lipinski definition) is 3. The number of rotatable bonds is 8. The third-order valence-corrected chi connectivity index (χ3v) is 4.22. The highest BCUT2D eigenvalue weighted by Gasteiger charge is 2.20. The molecule has 3 N–H and O–H groups in total. The molecule has 0 unspecified atom stereocenters. The van der Waals surface area contributed by atoms with Gasteiger partial charge in [-0.3, -0.25) is 9.59 Å². The number of benzene rings is 2. The van der Waals surface area contributed by atoms with Gasteiger partial charge in [-0.1, -0.05) is 74.5 Å². The SMILES string of the molecule is CC(C)[C@H](N)C(=O)NCC(=O)N(Cc1ccccc1)Cc1ccccc1. The van der Waals surface area contributed by atoms with Crippen LogP contribution in [0.25, 0.3) is 0 Å². The zero-order chi connectivity index (χ0) is 18.9. The molecule has 0 aromatic heterocycles. The van der Waals surface area contributed by atoms with Gasteiger partial charge in [-0.2, -0.15) is 0 Å². The van der Waals surface area contributed by atoms with E-state index in [0.717, 1.165) is 11.1 Å². The van der Waals surface area contributed by atoms with Crippen molar-refractivity contribution in [2.24, 2.45) is 11.7 Å². The van der Waals surface area contributed by atoms with E-state index >= 15 is 0 Å². The van der Waals surface area contributed by atoms with Crippen LogP contribution in [0.15, 0.2) is 60.7 Å². The first-order chi connectivity index (χ1) is 12.5. The summed E-state index contributed by atoms with van der Waals surface area (Å²) in [5, 5.41) is 2.66. The highest BCUT2D eigenvalue weighted by atomic mass is 16.2. The van der Waals surface area contributed by atoms with E-state index in [1.165, 1.54) is 0 Å². The Hall–Kier alpha value is -2.66. The summed E-state index contributed by atoms with van der Waals surface area (Å²) in [4.78, 5) is 26.5. The first kappa shape index (κ1) is 19.7. The van der Waals surface area contributed by atoms with Crippen molar-refractivity contribution < 1.29 is 9.59 Å². The number of carbonyl (C=O) groups excluding carboxylic acids is 2. The molecule has 0 heterocycles. The summed E-state index contributed by atoms with van der Waals surface area (Å²) in [6, 6.07) is 19.0. The fourth-order valence-corrected chi connectivity index (χ4v) is 2.53. The van der Waals surface area contributed by atoms with E-state index in [4.69, 9.17) is 5.73 Å². The van der Waals surface area contributed by atoms with Crippen LogP contribution < -0.4 is 11.1 Å². The van der Waals surface area contributed by atoms with Gasteiger partial charge in [0.25, 0.3) is 0 Å². The van der Waals surface area contributed by atoms with Gasteiger partial charge >= 0.3 is 0 Å². The second kappa shape index (κ2) is 9.73. The Labute approximate surface area is 155 Å². The molecule has 0 spiro atoms. The van der Waals surface area contributed by atoms with Gasteiger partial charge < -0.3 is 16.0 Å². The number of nitrogens with zero attached hydrogens (tertiary/aromatic N) is 1. The van der Waals surface area contributed by atoms with Crippen LogP contribution >= 0.6 is 0 Å². The van der Waals surface area contributed by atoms with Crippen molar-refractivity contribution in [3.05, 3.63) is 71.8 Å². The fraction of sp³-hybridized carbons (Fsp3) is 0.333. The topological polar surface area (TPSA) is 75.4 Å². The molecule has 0 saturated heterocycles. The van der Waals surface area contributed by atoms with E-state index in [2.05, 4.69) is 5.32 Å². The maximum absolute atomic E-state index is 12.7. The van der Waals surface area contributed by atoms with Crippen LogP contribution in [0.4, 0.5) is 0 Å². The monoisotopic (exact) mass is 353 g/mol. The summed E-state index contributed by atoms with van der Waals surface area (Å²) < 4.78 is 0. The van der Waals surface area contributed by atoms with E-state index < -0.39 is 6.04 Å². The van der Waals surface area contributed by atoms with Crippen LogP contribution in [-0.2, 0) is 22.7 Å². The maximum Gasteiger partial charge on any atom is 0.242 e. The van der Waals surface area contributed by atoms with Crippen LogP contribution in [0.2, 0.25) is 0 Å². The molecule has 138 valence electrons. The van der Waals surface area contributed by atoms with Crippen molar-refractivity contribution in [2.45, 2.75) is 33.0 Å². The van der Waals surface area contributed by atoms with Crippen molar-refractivity contribution in [1.82, 2.24) is 10.2 Å². The highest BCUT2D eigenvalue weighted by molar-refractivity contribution is 5.87. The summed E-state index contributed by atoms with van der Waals surface area (Å²) in [5.41, 5.74) is 7.92. The van der Waals surface area contributed by atoms with E-state index in [9.17, 15) is 9.59 Å². The summed E-state index contributed by atoms with van der Waals surface area (Å²) in [6.45, 7) is 4.67. The Morgan fingerprint density at radius 1 is 0.923 bits per heavy atom. The average Bonchev–Trinajstić information content (AvgIpc) is 2.66. The molecule has 0 bridgehead atoms. The Morgan fingerprint density at radius 3 is 1.81 bits per heavy atom. The van der Waals surface area contributed by atoms with Crippen LogP contribution in [0, 0.1) is 5.92 Å². The molecule has 0 radical (unpaired) electrons. The molecule has 2 amide bonds. The molecule has 0 fully saturated rings. The Bertz CT molecular complexity index is 660. The first-order valence-electron chi connectivity index (χ1n) is 8.86. The normalized spacial score (nSPS) is 11.8. The summed E-state index contributed by atoms with van der Waals surface area (Å²) in [5.74, 6) is -0.412. The third kappa shape index (κ3) is 6.01. The van der Waals surface area contributed by atoms with Crippen LogP contribution in [-0.4, -0.2) is 29.3 Å². The number of hydrogen-bond donors (Lipinski definition) is 2. The molecule has 0 aliphatic carbocycles. The second-order valence-corrected chi connectivity index (χ2v) is 6.71. The largest absolute Gasteiger partial charge is 0.346 e. The zero-order valence-electron chi connectivity index (χ0n) is 15.4. The van der Waals surface area contributed by atoms with Gasteiger partial charge in [0, 0.05) is 13.1 Å². The van der Waals surface area contributed by atoms with Gasteiger partial charge in [0.2, 0.25) is 11.8 Å². The second-order valence-electron chi connectivity index (χ2n) is 6.71. The van der Waals surface area contributed by atoms with E-state index in [1.54, 1.807) is 4.90 Å². The first-order valence-corrected chi connectivity index (χ1v) is 8.86. The van der Waals surface area contributed by atoms with E-state index in [-0.39, 0.29) is 24.3 Å². The van der Waals surface area contributed by atoms with Gasteiger partial charge in [-0.15, -0.1) is 0 Å². The van der Waals surface area contributed by atoms with Crippen molar-refractivity contribution in [3.8, 4) is 0 Å². The lowest BCUT2D eigenvalue weighted by molar-refractivity contribution is -0.134. The van der Waals surface area contributed by atoms with Gasteiger partial charge in [-0.25, -0.2) is 0 Å². The fourth-order valence-electron chi connectivity index (χ4n) is 2.53. The Balaban J connectivity index is 2.04. The number of carbonyl (C=O) groups is 2. The summed E-state index contributed by atoms with van der Waals surface area (Å²) >= 11 is 0. The molecule has 0 aliphatic heterocycles. The van der Waals surface area contributed by atoms with Gasteiger partial charge in [0.1, 0.15) is 0 Å². The van der Waals surface area contributed by atoms with Gasteiger partial charge in [-0.05, 0) is 17.0 Å². The molecule has 0 aliphatic rings. The minimum atomic E-state index is -0.612. The van der Waals surface area contributed by atoms with Crippen LogP contribution in [0.1, 0.15) is 25.0 Å². The van der Waals surface area contributed by atoms with E-state index in [1.807, 2.05) is 74.5 Å². The maximum atomic E-state index is 12.7. The smallest absolute Gasteiger partial charge is 0.242 e. The molecule has 2 aromatic rings. The molecular formula is C21H27N3O2. The molecule has 2 rings (SSSR count). The molecule has 5 heteroatoms. The number of nitrogens with two attached hydrogens (primary N) is 1. The van der Waals surface area contributed by atoms with Crippen LogP contribution in [0.5, 0.6) is 0 Å². The predicted molar refractivity (Wildman–Crippen MR) is 103 cm³/mol. The van der Waals surface area contributed by atoms with Gasteiger partial charge in [0.15, 0.2) is 0 Å². The minimum absolute atomic E-state index is 0.0230. The molecule has 5 nitrogen and oxygen atoms in total. The zero-order valence-corrected chi connectivity index (χ0v) is 15.4. The average molecular weight is 353 g/mol. The van der Waals surface area contributed by atoms with E-state index in [0.29, 0.717) is 13.1 Å². The molecular weight excluding hydrogens is 326 g/mol. The predicted octanol–water partition coefficient (Wildman–Crippen LogP) is 2.31. The number of nitrogens with one attached hydrogen (secondary N) is 1. The van der Waals surface area contributed by atoms with Crippen molar-refractivity contribution >= 4 is 11.8 Å². The highest BCUT2D eigenvalue weighted by Crippen LogP contribution is 2.10. The van der Waals surface area contributed by atoms with Crippen molar-refractivity contribution in [1.29, 1.82) is 0 Å². The minimum Gasteiger partial charge on any atom is -0.346 e. The lowest BCUT2D eigenvalue weighted by Crippen LogP contribution is -2.47. The standard InChI is InChI=1S/C21H27N3O2/c1-16(2)20(22)21(26)23-13-19(25)24(14-17-9-5-3-6-10-17)15-18-11-7-4-8-12-18/h3-12,16,20H,13-15,22H2,1-2H3,(H,23,26)/t20-/m0/s1. The van der Waals surface area contributed by atoms with Crippen molar-refractivity contribution in [2.75, 3.05) is 6.54 Å². The molecule has 1 atom stereocenters. The molecule has 26 heavy (non-hydrogen) atoms. The van der Waals surface area contributed by atoms with Crippen LogP contribution in [0.3, 0.4) is 0 Å². The Morgan fingerprint density at radius 2 is 1.38 bits per heavy atom. The molecule has 0 saturated carbocycles. The number of amides is 2. The summed E-state index contributed by atoms with van der Waals surface area (Å²) in [6.07, 6.45) is 0. The lowest BCUT2D eigenvalue weighted by Gasteiger charge is -2.24. The van der Waals surface area contributed by atoms with Crippen molar-refractivity contribution in [3.63, 3.8) is 0 Å². The lowest BCUT2D eigenvalue weighted by atomic mass is 10.1. The molecule has 2 aromatic carbocycles. The third-order valence-electron chi connectivity index (χ3n) is 4.22. The quantitative estimate of drug-likeness (QED) is 0.765. The van der Waals surface area contributed by atoms with Gasteiger partial charge in [0.05, 0.1) is 12.6 Å². The summed E-state index contributed by atoms with van der Waals surface area (Å²) in [7, 11) is 0. The Kier molecular flexibility index (Phi) is 7.36.